The van der Waals surface area contributed by atoms with E-state index in [0.29, 0.717) is 12.8 Å². The van der Waals surface area contributed by atoms with Crippen molar-refractivity contribution < 1.29 is 22.8 Å². The van der Waals surface area contributed by atoms with Crippen LogP contribution >= 0.6 is 0 Å². The molecule has 0 bridgehead atoms. The molecule has 1 fully saturated rings. The maximum Gasteiger partial charge on any atom is 0.243 e. The van der Waals surface area contributed by atoms with Gasteiger partial charge in [-0.3, -0.25) is 0 Å². The minimum absolute atomic E-state index is 0.0647. The van der Waals surface area contributed by atoms with Gasteiger partial charge >= 0.3 is 0 Å². The van der Waals surface area contributed by atoms with Gasteiger partial charge in [-0.15, -0.1) is 0 Å². The number of aryl methyl sites for hydroxylation is 1. The van der Waals surface area contributed by atoms with Crippen molar-refractivity contribution in [2.75, 3.05) is 13.1 Å². The molecule has 1 saturated heterocycles. The quantitative estimate of drug-likeness (QED) is 0.528. The van der Waals surface area contributed by atoms with E-state index >= 15 is 0 Å². The van der Waals surface area contributed by atoms with Crippen LogP contribution in [0.15, 0.2) is 82.8 Å². The molecule has 8 heteroatoms. The molecular weight excluding hydrogens is 443 g/mol. The number of piperidine rings is 1. The second kappa shape index (κ2) is 9.72. The molecule has 1 aliphatic rings. The number of halogens is 1. The molecule has 0 spiro atoms. The van der Waals surface area contributed by atoms with Crippen molar-refractivity contribution in [1.29, 1.82) is 0 Å². The SMILES string of the molecule is Cc1ccc(C(ON=C2CCN(S(=O)(=O)c3cccc(O)c3)CC2)c2ccc(F)cc2)cc1. The third-order valence-electron chi connectivity index (χ3n) is 5.60. The summed E-state index contributed by atoms with van der Waals surface area (Å²) < 4.78 is 40.5. The normalized spacial score (nSPS) is 15.8. The third kappa shape index (κ3) is 5.40. The van der Waals surface area contributed by atoms with Gasteiger partial charge in [0.05, 0.1) is 10.6 Å². The first kappa shape index (κ1) is 22.9. The highest BCUT2D eigenvalue weighted by Gasteiger charge is 2.28. The number of phenolic OH excluding ortho intramolecular Hbond substituents is 1. The maximum absolute atomic E-state index is 13.4. The zero-order valence-electron chi connectivity index (χ0n) is 18.2. The maximum atomic E-state index is 13.4. The van der Waals surface area contributed by atoms with E-state index < -0.39 is 16.1 Å². The second-order valence-corrected chi connectivity index (χ2v) is 9.94. The van der Waals surface area contributed by atoms with Gasteiger partial charge in [-0.05, 0) is 48.4 Å². The molecule has 1 atom stereocenters. The second-order valence-electron chi connectivity index (χ2n) is 8.01. The lowest BCUT2D eigenvalue weighted by atomic mass is 10.0. The highest BCUT2D eigenvalue weighted by atomic mass is 32.2. The van der Waals surface area contributed by atoms with Crippen molar-refractivity contribution in [3.63, 3.8) is 0 Å². The summed E-state index contributed by atoms with van der Waals surface area (Å²) in [5, 5.41) is 14.0. The van der Waals surface area contributed by atoms with E-state index in [1.165, 1.54) is 40.7 Å². The van der Waals surface area contributed by atoms with E-state index in [-0.39, 0.29) is 29.6 Å². The fraction of sp³-hybridized carbons (Fsp3) is 0.240. The van der Waals surface area contributed by atoms with Crippen LogP contribution in [0, 0.1) is 12.7 Å². The molecule has 4 rings (SSSR count). The molecule has 0 amide bonds. The van der Waals surface area contributed by atoms with Gasteiger partial charge in [-0.25, -0.2) is 12.8 Å². The number of oxime groups is 1. The first-order chi connectivity index (χ1) is 15.8. The molecule has 3 aromatic carbocycles. The lowest BCUT2D eigenvalue weighted by Crippen LogP contribution is -2.38. The van der Waals surface area contributed by atoms with E-state index in [4.69, 9.17) is 4.84 Å². The van der Waals surface area contributed by atoms with E-state index in [1.807, 2.05) is 31.2 Å². The predicted molar refractivity (Wildman–Crippen MR) is 124 cm³/mol. The molecule has 33 heavy (non-hydrogen) atoms. The summed E-state index contributed by atoms with van der Waals surface area (Å²) in [5.74, 6) is -0.417. The van der Waals surface area contributed by atoms with Crippen LogP contribution < -0.4 is 0 Å². The monoisotopic (exact) mass is 468 g/mol. The van der Waals surface area contributed by atoms with Gasteiger partial charge < -0.3 is 9.94 Å². The molecule has 6 nitrogen and oxygen atoms in total. The van der Waals surface area contributed by atoms with Crippen LogP contribution in [0.25, 0.3) is 0 Å². The number of aromatic hydroxyl groups is 1. The number of hydrogen-bond acceptors (Lipinski definition) is 5. The van der Waals surface area contributed by atoms with Crippen LogP contribution in [0.5, 0.6) is 5.75 Å². The van der Waals surface area contributed by atoms with E-state index in [2.05, 4.69) is 5.16 Å². The molecule has 1 N–H and O–H groups in total. The summed E-state index contributed by atoms with van der Waals surface area (Å²) in [6, 6.07) is 19.6. The average molecular weight is 469 g/mol. The molecule has 0 aromatic heterocycles. The van der Waals surface area contributed by atoms with Gasteiger partial charge in [0.25, 0.3) is 0 Å². The van der Waals surface area contributed by atoms with Gasteiger partial charge in [0.1, 0.15) is 11.6 Å². The first-order valence-corrected chi connectivity index (χ1v) is 12.1. The lowest BCUT2D eigenvalue weighted by Gasteiger charge is -2.27. The van der Waals surface area contributed by atoms with Gasteiger partial charge in [0, 0.05) is 25.9 Å². The summed E-state index contributed by atoms with van der Waals surface area (Å²) in [6.07, 6.45) is 0.359. The van der Waals surface area contributed by atoms with Crippen LogP contribution in [0.3, 0.4) is 0 Å². The topological polar surface area (TPSA) is 79.2 Å². The lowest BCUT2D eigenvalue weighted by molar-refractivity contribution is 0.0856. The molecule has 3 aromatic rings. The Labute approximate surface area is 193 Å². The molecular formula is C25H25FN2O4S. The van der Waals surface area contributed by atoms with E-state index in [9.17, 15) is 17.9 Å². The van der Waals surface area contributed by atoms with Gasteiger partial charge in [-0.2, -0.15) is 4.31 Å². The zero-order chi connectivity index (χ0) is 23.4. The predicted octanol–water partition coefficient (Wildman–Crippen LogP) is 4.79. The number of rotatable bonds is 6. The summed E-state index contributed by atoms with van der Waals surface area (Å²) in [6.45, 7) is 2.54. The highest BCUT2D eigenvalue weighted by molar-refractivity contribution is 7.89. The summed E-state index contributed by atoms with van der Waals surface area (Å²) in [5.41, 5.74) is 3.54. The van der Waals surface area contributed by atoms with Gasteiger partial charge in [0.15, 0.2) is 6.10 Å². The molecule has 1 heterocycles. The number of hydrogen-bond donors (Lipinski definition) is 1. The summed E-state index contributed by atoms with van der Waals surface area (Å²) in [4.78, 5) is 5.98. The van der Waals surface area contributed by atoms with Crippen LogP contribution in [0.4, 0.5) is 4.39 Å². The Morgan fingerprint density at radius 1 is 0.970 bits per heavy atom. The largest absolute Gasteiger partial charge is 0.508 e. The minimum Gasteiger partial charge on any atom is -0.508 e. The summed E-state index contributed by atoms with van der Waals surface area (Å²) in [7, 11) is -3.69. The molecule has 0 saturated carbocycles. The minimum atomic E-state index is -3.69. The van der Waals surface area contributed by atoms with Gasteiger partial charge in [0.2, 0.25) is 10.0 Å². The third-order valence-corrected chi connectivity index (χ3v) is 7.49. The van der Waals surface area contributed by atoms with Crippen molar-refractivity contribution >= 4 is 15.7 Å². The Kier molecular flexibility index (Phi) is 6.76. The van der Waals surface area contributed by atoms with Crippen molar-refractivity contribution in [2.24, 2.45) is 5.16 Å². The Hall–Kier alpha value is -3.23. The molecule has 172 valence electrons. The van der Waals surface area contributed by atoms with Crippen molar-refractivity contribution in [3.8, 4) is 5.75 Å². The molecule has 1 aliphatic heterocycles. The number of benzene rings is 3. The Morgan fingerprint density at radius 2 is 1.58 bits per heavy atom. The fourth-order valence-electron chi connectivity index (χ4n) is 3.69. The van der Waals surface area contributed by atoms with Crippen molar-refractivity contribution in [1.82, 2.24) is 4.31 Å². The highest BCUT2D eigenvalue weighted by Crippen LogP contribution is 2.28. The Morgan fingerprint density at radius 3 is 2.18 bits per heavy atom. The molecule has 1 unspecified atom stereocenters. The molecule has 0 radical (unpaired) electrons. The average Bonchev–Trinajstić information content (AvgIpc) is 2.82. The van der Waals surface area contributed by atoms with E-state index in [0.717, 1.165) is 22.4 Å². The van der Waals surface area contributed by atoms with Crippen LogP contribution in [-0.4, -0.2) is 36.6 Å². The fourth-order valence-corrected chi connectivity index (χ4v) is 5.17. The number of phenols is 1. The van der Waals surface area contributed by atoms with Crippen molar-refractivity contribution in [3.05, 3.63) is 95.3 Å². The van der Waals surface area contributed by atoms with Gasteiger partial charge in [-0.1, -0.05) is 53.2 Å². The first-order valence-electron chi connectivity index (χ1n) is 10.7. The Balaban J connectivity index is 1.48. The zero-order valence-corrected chi connectivity index (χ0v) is 19.0. The van der Waals surface area contributed by atoms with E-state index in [1.54, 1.807) is 12.1 Å². The number of sulfonamides is 1. The van der Waals surface area contributed by atoms with Crippen LogP contribution in [0.2, 0.25) is 0 Å². The number of nitrogens with zero attached hydrogens (tertiary/aromatic N) is 2. The van der Waals surface area contributed by atoms with Crippen LogP contribution in [0.1, 0.15) is 35.6 Å². The Bertz CT molecular complexity index is 1190. The molecule has 0 aliphatic carbocycles. The van der Waals surface area contributed by atoms with Crippen LogP contribution in [-0.2, 0) is 14.9 Å². The standard InChI is InChI=1S/C25H25FN2O4S/c1-18-5-7-19(8-6-18)25(20-9-11-21(26)12-10-20)32-27-22-13-15-28(16-14-22)33(30,31)24-4-2-3-23(29)17-24/h2-12,17,25,29H,13-16H2,1H3. The summed E-state index contributed by atoms with van der Waals surface area (Å²) >= 11 is 0. The smallest absolute Gasteiger partial charge is 0.243 e. The van der Waals surface area contributed by atoms with Crippen molar-refractivity contribution in [2.45, 2.75) is 30.8 Å².